The molecule has 33 aromatic rings. The number of aromatic nitrogens is 12. The highest BCUT2D eigenvalue weighted by Gasteiger charge is 2.28. The first kappa shape index (κ1) is 84.8. The van der Waals surface area contributed by atoms with E-state index in [1.807, 2.05) is 54.9 Å². The van der Waals surface area contributed by atoms with Gasteiger partial charge < -0.3 is 4.42 Å². The molecule has 0 N–H and O–H groups in total. The Morgan fingerprint density at radius 2 is 0.513 bits per heavy atom. The van der Waals surface area contributed by atoms with Crippen molar-refractivity contribution in [3.63, 3.8) is 0 Å². The van der Waals surface area contributed by atoms with E-state index in [1.165, 1.54) is 165 Å². The smallest absolute Gasteiger partial charge is 0.165 e. The Kier molecular flexibility index (Phi) is 19.2. The Morgan fingerprint density at radius 3 is 1.05 bits per heavy atom. The Morgan fingerprint density at radius 1 is 0.173 bits per heavy atom. The summed E-state index contributed by atoms with van der Waals surface area (Å²) in [6, 6.07) is 162. The molecule has 0 amide bonds. The summed E-state index contributed by atoms with van der Waals surface area (Å²) in [6.45, 7) is 0. The van der Waals surface area contributed by atoms with Gasteiger partial charge in [0.1, 0.15) is 11.2 Å². The summed E-state index contributed by atoms with van der Waals surface area (Å²) in [6.07, 6.45) is 5.42. The third kappa shape index (κ3) is 13.7. The van der Waals surface area contributed by atoms with Gasteiger partial charge in [0.05, 0.1) is 49.3 Å². The number of fused-ring (bicyclic) bond motifs is 30. The van der Waals surface area contributed by atoms with Gasteiger partial charge in [-0.15, -0.1) is 22.7 Å². The van der Waals surface area contributed by atoms with Crippen LogP contribution in [-0.2, 0) is 0 Å². The Labute approximate surface area is 863 Å². The fourth-order valence-corrected chi connectivity index (χ4v) is 25.4. The molecule has 0 fully saturated rings. The number of nitrogens with zero attached hydrogens (tertiary/aromatic N) is 12. The number of pyridine rings is 3. The minimum atomic E-state index is 0.596. The quantitative estimate of drug-likeness (QED) is 0.128. The van der Waals surface area contributed by atoms with Crippen LogP contribution in [0.2, 0.25) is 0 Å². The van der Waals surface area contributed by atoms with Crippen LogP contribution in [0.5, 0.6) is 0 Å². The zero-order valence-corrected chi connectivity index (χ0v) is 81.8. The van der Waals surface area contributed by atoms with Crippen molar-refractivity contribution >= 4 is 248 Å². The van der Waals surface area contributed by atoms with E-state index in [2.05, 4.69) is 426 Å². The Bertz CT molecular complexity index is 11500. The van der Waals surface area contributed by atoms with E-state index < -0.39 is 0 Å². The maximum Gasteiger partial charge on any atom is 0.165 e. The van der Waals surface area contributed by atoms with E-state index in [9.17, 15) is 0 Å². The van der Waals surface area contributed by atoms with E-state index >= 15 is 0 Å². The normalized spacial score (nSPS) is 12.0. The van der Waals surface area contributed by atoms with E-state index in [4.69, 9.17) is 49.3 Å². The number of thiophene rings is 2. The van der Waals surface area contributed by atoms with Gasteiger partial charge in [0, 0.05) is 119 Å². The average molecular weight is 1950 g/mol. The summed E-state index contributed by atoms with van der Waals surface area (Å²) in [5.74, 6) is 4.36. The monoisotopic (exact) mass is 1950 g/mol. The maximum atomic E-state index is 6.24. The molecule has 696 valence electrons. The van der Waals surface area contributed by atoms with Crippen molar-refractivity contribution in [3.05, 3.63) is 474 Å². The largest absolute Gasteiger partial charge is 0.456 e. The van der Waals surface area contributed by atoms with E-state index in [0.29, 0.717) is 34.4 Å². The lowest BCUT2D eigenvalue weighted by Gasteiger charge is -2.13. The van der Waals surface area contributed by atoms with Crippen LogP contribution in [0.4, 0.5) is 0 Å². The molecule has 0 saturated carbocycles. The molecule has 0 atom stereocenters. The summed E-state index contributed by atoms with van der Waals surface area (Å²) in [5, 5.41) is 31.8. The van der Waals surface area contributed by atoms with Gasteiger partial charge in [0.2, 0.25) is 0 Å². The third-order valence-electron chi connectivity index (χ3n) is 30.1. The zero-order valence-electron chi connectivity index (χ0n) is 80.1. The Hall–Kier alpha value is -19.7. The van der Waals surface area contributed by atoms with Gasteiger partial charge in [-0.3, -0.25) is 13.7 Å². The van der Waals surface area contributed by atoms with Gasteiger partial charge in [-0.1, -0.05) is 303 Å². The van der Waals surface area contributed by atoms with Crippen LogP contribution in [0.25, 0.3) is 310 Å². The number of benzene rings is 21. The molecule has 0 radical (unpaired) electrons. The van der Waals surface area contributed by atoms with Crippen molar-refractivity contribution < 1.29 is 4.42 Å². The molecule has 33 rings (SSSR count). The van der Waals surface area contributed by atoms with Crippen LogP contribution in [0.1, 0.15) is 0 Å². The van der Waals surface area contributed by atoms with Gasteiger partial charge in [0.25, 0.3) is 0 Å². The highest BCUT2D eigenvalue weighted by Crippen LogP contribution is 2.49. The van der Waals surface area contributed by atoms with Gasteiger partial charge >= 0.3 is 0 Å². The first-order chi connectivity index (χ1) is 74.3. The molecular weight excluding hydrogens is 1870 g/mol. The second kappa shape index (κ2) is 34.0. The van der Waals surface area contributed by atoms with Crippen LogP contribution in [0.3, 0.4) is 0 Å². The second-order valence-electron chi connectivity index (χ2n) is 38.6. The molecule has 0 spiro atoms. The fourth-order valence-electron chi connectivity index (χ4n) is 23.1. The van der Waals surface area contributed by atoms with Crippen LogP contribution in [0, 0.1) is 0 Å². The predicted molar refractivity (Wildman–Crippen MR) is 626 cm³/mol. The first-order valence-electron chi connectivity index (χ1n) is 50.3. The van der Waals surface area contributed by atoms with Gasteiger partial charge in [-0.25, -0.2) is 44.9 Å². The summed E-state index contributed by atoms with van der Waals surface area (Å²) in [5.41, 5.74) is 20.1. The van der Waals surface area contributed by atoms with E-state index in [0.717, 1.165) is 111 Å². The molecule has 150 heavy (non-hydrogen) atoms. The fraction of sp³-hybridized carbons (Fsp3) is 0. The molecule has 13 nitrogen and oxygen atoms in total. The zero-order chi connectivity index (χ0) is 98.3. The molecule has 0 unspecified atom stereocenters. The molecule has 15 heteroatoms. The average Bonchev–Trinajstić information content (AvgIpc) is 1.31. The first-order valence-corrected chi connectivity index (χ1v) is 51.9. The number of hydrogen-bond acceptors (Lipinski definition) is 12. The lowest BCUT2D eigenvalue weighted by atomic mass is 9.92. The molecule has 0 aliphatic heterocycles. The molecule has 12 heterocycles. The van der Waals surface area contributed by atoms with Gasteiger partial charge in [-0.05, 0) is 250 Å². The second-order valence-corrected chi connectivity index (χ2v) is 40.7. The molecule has 0 aliphatic carbocycles. The lowest BCUT2D eigenvalue weighted by molar-refractivity contribution is 0.669. The van der Waals surface area contributed by atoms with Crippen molar-refractivity contribution in [2.45, 2.75) is 0 Å². The molecule has 0 aliphatic rings. The summed E-state index contributed by atoms with van der Waals surface area (Å²) < 4.78 is 18.1. The SMILES string of the molecule is c1ccc(-c2ccc3c(c2)c2cc4ccccc4cc2n3-c2nc(-c3ccc4c(c3)sc3ccccc34)nc3ncccc23)cc1.c1ccc(-c2ccc3c4cc5ccccc5cc4n(-c4nc(-c5ccc6c(c5)oc5ccccc56)nc5ncccc45)c3c2)cc1.c1ccc2cc3c(cc2c1)c1cc(-c2ccc4c5ccccc5c5ccccc5c4c2)ccc1n3-c1nc(-c2cccc3c2sc2ccccc23)nc2ncccc12. The highest BCUT2D eigenvalue weighted by atomic mass is 32.1. The topological polar surface area (TPSA) is 144 Å². The molecule has 21 aromatic carbocycles. The minimum absolute atomic E-state index is 0.596. The Balaban J connectivity index is 0.000000102. The van der Waals surface area contributed by atoms with Crippen LogP contribution >= 0.6 is 22.7 Å². The van der Waals surface area contributed by atoms with Crippen LogP contribution < -0.4 is 0 Å². The molecule has 0 saturated heterocycles. The van der Waals surface area contributed by atoms with Crippen molar-refractivity contribution in [2.75, 3.05) is 0 Å². The summed E-state index contributed by atoms with van der Waals surface area (Å²) in [7, 11) is 0. The van der Waals surface area contributed by atoms with Gasteiger partial charge in [0.15, 0.2) is 51.9 Å². The van der Waals surface area contributed by atoms with Crippen molar-refractivity contribution in [1.29, 1.82) is 0 Å². The number of para-hydroxylation sites is 1. The van der Waals surface area contributed by atoms with Gasteiger partial charge in [-0.2, -0.15) is 0 Å². The predicted octanol–water partition coefficient (Wildman–Crippen LogP) is 35.9. The van der Waals surface area contributed by atoms with Crippen molar-refractivity contribution in [1.82, 2.24) is 58.6 Å². The maximum absolute atomic E-state index is 6.24. The van der Waals surface area contributed by atoms with E-state index in [1.54, 1.807) is 28.9 Å². The lowest BCUT2D eigenvalue weighted by Crippen LogP contribution is -2.03. The minimum Gasteiger partial charge on any atom is -0.456 e. The summed E-state index contributed by atoms with van der Waals surface area (Å²) in [4.78, 5) is 45.6. The highest BCUT2D eigenvalue weighted by molar-refractivity contribution is 7.26. The van der Waals surface area contributed by atoms with Crippen molar-refractivity contribution in [3.8, 4) is 85.0 Å². The van der Waals surface area contributed by atoms with Crippen LogP contribution in [-0.4, -0.2) is 58.6 Å². The molecular formula is C135H78N12OS2. The molecule has 12 aromatic heterocycles. The number of furan rings is 1. The third-order valence-corrected chi connectivity index (χ3v) is 32.5. The number of rotatable bonds is 9. The van der Waals surface area contributed by atoms with Crippen LogP contribution in [0.15, 0.2) is 478 Å². The van der Waals surface area contributed by atoms with E-state index in [-0.39, 0.29) is 0 Å². The number of hydrogen-bond donors (Lipinski definition) is 0. The van der Waals surface area contributed by atoms with Crippen molar-refractivity contribution in [2.24, 2.45) is 0 Å². The molecule has 0 bridgehead atoms. The standard InChI is InChI=1S/C53H30N4S.C41H24N4O.C41H24N4S/c1-2-12-32-30-48-46(28-31(32)11-1)45-29-34(33-22-24-39-37-15-4-3-13-35(37)36-14-5-6-16-38(36)44(39)27-33)23-25-47(45)57(48)53-43-20-10-26-54-51(43)55-52(56-53)42-19-9-18-41-40-17-7-8-21-49(40)58-50(41)42;1-2-9-25(10-3-1)28-16-18-30-34-21-26-11-4-5-12-27(26)22-36(34)45(35(30)23-28)41-33-14-8-20-42-40(33)43-39(44-41)29-17-19-32-31-13-6-7-15-37(31)46-38(32)24-29;1-2-9-25(10-3-1)28-17-19-35-33(22-28)34-21-26-11-4-5-12-27(26)23-36(34)45(35)41-32-14-8-20-42-40(32)43-39(44-41)29-16-18-31-30-13-6-7-15-37(30)46-38(31)24-29/h1-30H;2*1-24H. The summed E-state index contributed by atoms with van der Waals surface area (Å²) >= 11 is 3.60.